The average molecular weight is 301 g/mol. The van der Waals surface area contributed by atoms with Crippen molar-refractivity contribution >= 4 is 29.7 Å². The summed E-state index contributed by atoms with van der Waals surface area (Å²) in [5.41, 5.74) is 1.40. The molecule has 106 valence electrons. The van der Waals surface area contributed by atoms with Crippen LogP contribution in [0.1, 0.15) is 46.3 Å². The summed E-state index contributed by atoms with van der Waals surface area (Å²) in [6.45, 7) is 3.22. The van der Waals surface area contributed by atoms with E-state index in [-0.39, 0.29) is 24.4 Å². The summed E-state index contributed by atoms with van der Waals surface area (Å²) in [7, 11) is 0. The molecule has 0 saturated carbocycles. The predicted octanol–water partition coefficient (Wildman–Crippen LogP) is 2.53. The molecule has 1 amide bonds. The third-order valence-electron chi connectivity index (χ3n) is 4.05. The molecule has 2 N–H and O–H groups in total. The first-order chi connectivity index (χ1) is 8.74. The van der Waals surface area contributed by atoms with Gasteiger partial charge in [0.05, 0.1) is 4.88 Å². The second-order valence-corrected chi connectivity index (χ2v) is 6.51. The highest BCUT2D eigenvalue weighted by Gasteiger charge is 2.24. The van der Waals surface area contributed by atoms with E-state index in [0.29, 0.717) is 6.04 Å². The number of fused-ring (bicyclic) bond motifs is 1. The number of thiophene rings is 1. The number of rotatable bonds is 2. The van der Waals surface area contributed by atoms with Gasteiger partial charge in [0, 0.05) is 17.0 Å². The SMILES string of the molecule is CC1NCCCC1NC(=O)c1cc2c(s1)CCC2.Cl. The van der Waals surface area contributed by atoms with Crippen molar-refractivity contribution in [1.29, 1.82) is 0 Å². The van der Waals surface area contributed by atoms with Crippen LogP contribution < -0.4 is 10.6 Å². The molecule has 0 radical (unpaired) electrons. The minimum Gasteiger partial charge on any atom is -0.347 e. The Morgan fingerprint density at radius 3 is 3.00 bits per heavy atom. The highest BCUT2D eigenvalue weighted by molar-refractivity contribution is 7.14. The molecule has 2 heterocycles. The van der Waals surface area contributed by atoms with Crippen molar-refractivity contribution < 1.29 is 4.79 Å². The molecule has 1 fully saturated rings. The van der Waals surface area contributed by atoms with Crippen molar-refractivity contribution in [3.8, 4) is 0 Å². The normalized spacial score (nSPS) is 25.5. The summed E-state index contributed by atoms with van der Waals surface area (Å²) in [5.74, 6) is 0.120. The van der Waals surface area contributed by atoms with Gasteiger partial charge in [0.2, 0.25) is 0 Å². The van der Waals surface area contributed by atoms with E-state index in [9.17, 15) is 4.79 Å². The molecule has 2 aliphatic rings. The van der Waals surface area contributed by atoms with E-state index in [2.05, 4.69) is 23.6 Å². The summed E-state index contributed by atoms with van der Waals surface area (Å²) < 4.78 is 0. The van der Waals surface area contributed by atoms with Gasteiger partial charge in [0.15, 0.2) is 0 Å². The van der Waals surface area contributed by atoms with Crippen LogP contribution >= 0.6 is 23.7 Å². The maximum atomic E-state index is 12.2. The van der Waals surface area contributed by atoms with Crippen LogP contribution in [0.4, 0.5) is 0 Å². The second-order valence-electron chi connectivity index (χ2n) is 5.38. The van der Waals surface area contributed by atoms with E-state index in [4.69, 9.17) is 0 Å². The number of aryl methyl sites for hydroxylation is 2. The zero-order valence-corrected chi connectivity index (χ0v) is 12.8. The standard InChI is InChI=1S/C14H20N2OS.ClH/c1-9-11(5-3-7-15-9)16-14(17)13-8-10-4-2-6-12(10)18-13;/h8-9,11,15H,2-7H2,1H3,(H,16,17);1H. The fourth-order valence-electron chi connectivity index (χ4n) is 2.92. The van der Waals surface area contributed by atoms with Gasteiger partial charge in [-0.2, -0.15) is 0 Å². The maximum Gasteiger partial charge on any atom is 0.261 e. The molecule has 2 atom stereocenters. The predicted molar refractivity (Wildman–Crippen MR) is 81.5 cm³/mol. The fraction of sp³-hybridized carbons (Fsp3) is 0.643. The minimum atomic E-state index is 0. The van der Waals surface area contributed by atoms with Gasteiger partial charge in [-0.1, -0.05) is 0 Å². The van der Waals surface area contributed by atoms with Crippen LogP contribution in [0.3, 0.4) is 0 Å². The largest absolute Gasteiger partial charge is 0.347 e. The van der Waals surface area contributed by atoms with Gasteiger partial charge in [0.1, 0.15) is 0 Å². The molecule has 0 aromatic carbocycles. The molecule has 3 rings (SSSR count). The summed E-state index contributed by atoms with van der Waals surface area (Å²) in [5, 5.41) is 6.60. The van der Waals surface area contributed by atoms with E-state index in [1.807, 2.05) is 0 Å². The third-order valence-corrected chi connectivity index (χ3v) is 5.28. The Balaban J connectivity index is 0.00000133. The molecule has 0 spiro atoms. The lowest BCUT2D eigenvalue weighted by Crippen LogP contribution is -2.51. The Hall–Kier alpha value is -0.580. The first-order valence-electron chi connectivity index (χ1n) is 6.90. The zero-order valence-electron chi connectivity index (χ0n) is 11.2. The van der Waals surface area contributed by atoms with Crippen LogP contribution in [0, 0.1) is 0 Å². The van der Waals surface area contributed by atoms with E-state index >= 15 is 0 Å². The van der Waals surface area contributed by atoms with Gasteiger partial charge in [-0.15, -0.1) is 23.7 Å². The summed E-state index contributed by atoms with van der Waals surface area (Å²) >= 11 is 1.69. The van der Waals surface area contributed by atoms with Crippen molar-refractivity contribution in [3.63, 3.8) is 0 Å². The van der Waals surface area contributed by atoms with Crippen molar-refractivity contribution in [1.82, 2.24) is 10.6 Å². The average Bonchev–Trinajstić information content (AvgIpc) is 2.92. The minimum absolute atomic E-state index is 0. The molecule has 1 saturated heterocycles. The molecule has 0 bridgehead atoms. The summed E-state index contributed by atoms with van der Waals surface area (Å²) in [6.07, 6.45) is 5.81. The highest BCUT2D eigenvalue weighted by atomic mass is 35.5. The second kappa shape index (κ2) is 6.25. The Kier molecular flexibility index (Phi) is 4.87. The number of hydrogen-bond acceptors (Lipinski definition) is 3. The Morgan fingerprint density at radius 2 is 2.26 bits per heavy atom. The number of amides is 1. The molecule has 1 aromatic rings. The van der Waals surface area contributed by atoms with E-state index in [0.717, 1.165) is 37.1 Å². The van der Waals surface area contributed by atoms with Gasteiger partial charge in [-0.3, -0.25) is 4.79 Å². The fourth-order valence-corrected chi connectivity index (χ4v) is 4.08. The summed E-state index contributed by atoms with van der Waals surface area (Å²) in [4.78, 5) is 14.6. The lowest BCUT2D eigenvalue weighted by Gasteiger charge is -2.30. The summed E-state index contributed by atoms with van der Waals surface area (Å²) in [6, 6.07) is 2.76. The first kappa shape index (κ1) is 14.8. The third kappa shape index (κ3) is 3.12. The highest BCUT2D eigenvalue weighted by Crippen LogP contribution is 2.30. The van der Waals surface area contributed by atoms with Crippen LogP contribution in [-0.4, -0.2) is 24.5 Å². The monoisotopic (exact) mass is 300 g/mol. The van der Waals surface area contributed by atoms with Crippen LogP contribution in [0.5, 0.6) is 0 Å². The van der Waals surface area contributed by atoms with Crippen LogP contribution in [0.2, 0.25) is 0 Å². The zero-order chi connectivity index (χ0) is 12.5. The number of carbonyl (C=O) groups is 1. The lowest BCUT2D eigenvalue weighted by atomic mass is 10.00. The van der Waals surface area contributed by atoms with E-state index in [1.165, 1.54) is 16.9 Å². The van der Waals surface area contributed by atoms with Crippen molar-refractivity contribution in [3.05, 3.63) is 21.4 Å². The maximum absolute atomic E-state index is 12.2. The van der Waals surface area contributed by atoms with E-state index in [1.54, 1.807) is 11.3 Å². The van der Waals surface area contributed by atoms with Crippen molar-refractivity contribution in [2.45, 2.75) is 51.1 Å². The van der Waals surface area contributed by atoms with Crippen LogP contribution in [0.15, 0.2) is 6.07 Å². The number of piperidine rings is 1. The Morgan fingerprint density at radius 1 is 1.42 bits per heavy atom. The molecular weight excluding hydrogens is 280 g/mol. The Bertz CT molecular complexity index is 439. The molecule has 2 unspecified atom stereocenters. The number of nitrogens with one attached hydrogen (secondary N) is 2. The molecule has 3 nitrogen and oxygen atoms in total. The van der Waals surface area contributed by atoms with Gasteiger partial charge >= 0.3 is 0 Å². The molecule has 1 aliphatic heterocycles. The van der Waals surface area contributed by atoms with Crippen molar-refractivity contribution in [2.24, 2.45) is 0 Å². The van der Waals surface area contributed by atoms with E-state index < -0.39 is 0 Å². The lowest BCUT2D eigenvalue weighted by molar-refractivity contribution is 0.0924. The van der Waals surface area contributed by atoms with Crippen LogP contribution in [0.25, 0.3) is 0 Å². The number of halogens is 1. The van der Waals surface area contributed by atoms with Crippen LogP contribution in [-0.2, 0) is 12.8 Å². The Labute approximate surface area is 124 Å². The van der Waals surface area contributed by atoms with Gasteiger partial charge in [0.25, 0.3) is 5.91 Å². The number of hydrogen-bond donors (Lipinski definition) is 2. The molecule has 19 heavy (non-hydrogen) atoms. The molecule has 1 aromatic heterocycles. The molecule has 1 aliphatic carbocycles. The van der Waals surface area contributed by atoms with Gasteiger partial charge < -0.3 is 10.6 Å². The van der Waals surface area contributed by atoms with Gasteiger partial charge in [-0.25, -0.2) is 0 Å². The topological polar surface area (TPSA) is 41.1 Å². The van der Waals surface area contributed by atoms with Gasteiger partial charge in [-0.05, 0) is 57.2 Å². The molecular formula is C14H21ClN2OS. The smallest absolute Gasteiger partial charge is 0.261 e. The molecule has 5 heteroatoms. The number of carbonyl (C=O) groups excluding carboxylic acids is 1. The first-order valence-corrected chi connectivity index (χ1v) is 7.71. The quantitative estimate of drug-likeness (QED) is 0.881. The van der Waals surface area contributed by atoms with Crippen molar-refractivity contribution in [2.75, 3.05) is 6.54 Å².